The van der Waals surface area contributed by atoms with Crippen LogP contribution in [0.3, 0.4) is 0 Å². The summed E-state index contributed by atoms with van der Waals surface area (Å²) in [4.78, 5) is 21.8. The van der Waals surface area contributed by atoms with Gasteiger partial charge in [0.15, 0.2) is 5.82 Å². The highest BCUT2D eigenvalue weighted by atomic mass is 16.3. The van der Waals surface area contributed by atoms with Gasteiger partial charge in [-0.05, 0) is 25.0 Å². The van der Waals surface area contributed by atoms with E-state index in [4.69, 9.17) is 0 Å². The first kappa shape index (κ1) is 13.5. The van der Waals surface area contributed by atoms with Crippen molar-refractivity contribution in [2.75, 3.05) is 18.4 Å². The molecule has 1 aliphatic heterocycles. The summed E-state index contributed by atoms with van der Waals surface area (Å²) in [7, 11) is 0. The Morgan fingerprint density at radius 3 is 2.76 bits per heavy atom. The van der Waals surface area contributed by atoms with Gasteiger partial charge in [-0.1, -0.05) is 0 Å². The molecule has 2 aromatic heterocycles. The molecule has 0 aromatic carbocycles. The Kier molecular flexibility index (Phi) is 3.78. The van der Waals surface area contributed by atoms with Gasteiger partial charge in [0, 0.05) is 13.1 Å². The van der Waals surface area contributed by atoms with Gasteiger partial charge >= 0.3 is 6.03 Å². The number of amides is 2. The number of carbonyl (C=O) groups excluding carboxylic acids is 1. The lowest BCUT2D eigenvalue weighted by atomic mass is 10.1. The normalized spacial score (nSPS) is 16.0. The zero-order chi connectivity index (χ0) is 14.7. The molecule has 110 valence electrons. The zero-order valence-corrected chi connectivity index (χ0v) is 11.4. The minimum Gasteiger partial charge on any atom is -0.393 e. The number of urea groups is 1. The van der Waals surface area contributed by atoms with Crippen LogP contribution in [0.4, 0.5) is 10.5 Å². The smallest absolute Gasteiger partial charge is 0.321 e. The fraction of sp³-hybridized carbons (Fsp3) is 0.385. The lowest BCUT2D eigenvalue weighted by molar-refractivity contribution is 0.0972. The number of piperidine rings is 1. The molecule has 3 rings (SSSR count). The van der Waals surface area contributed by atoms with Crippen LogP contribution in [0.2, 0.25) is 0 Å². The van der Waals surface area contributed by atoms with E-state index in [9.17, 15) is 9.90 Å². The Morgan fingerprint density at radius 1 is 1.33 bits per heavy atom. The van der Waals surface area contributed by atoms with E-state index >= 15 is 0 Å². The maximum atomic E-state index is 12.1. The maximum Gasteiger partial charge on any atom is 0.321 e. The molecule has 2 amide bonds. The van der Waals surface area contributed by atoms with Crippen LogP contribution >= 0.6 is 0 Å². The second-order valence-corrected chi connectivity index (χ2v) is 4.89. The number of anilines is 1. The molecule has 2 N–H and O–H groups in total. The van der Waals surface area contributed by atoms with Crippen LogP contribution in [0.5, 0.6) is 0 Å². The summed E-state index contributed by atoms with van der Waals surface area (Å²) in [5, 5.41) is 16.2. The molecule has 1 saturated heterocycles. The first-order valence-electron chi connectivity index (χ1n) is 6.77. The van der Waals surface area contributed by atoms with E-state index in [-0.39, 0.29) is 12.1 Å². The number of pyridine rings is 1. The molecule has 1 fully saturated rings. The van der Waals surface area contributed by atoms with Crippen molar-refractivity contribution in [3.63, 3.8) is 0 Å². The number of aliphatic hydroxyl groups excluding tert-OH is 1. The van der Waals surface area contributed by atoms with Crippen LogP contribution in [0, 0.1) is 0 Å². The summed E-state index contributed by atoms with van der Waals surface area (Å²) in [6, 6.07) is 3.35. The van der Waals surface area contributed by atoms with Crippen molar-refractivity contribution in [3.8, 4) is 5.82 Å². The average Bonchev–Trinajstić information content (AvgIpc) is 3.03. The second-order valence-electron chi connectivity index (χ2n) is 4.89. The van der Waals surface area contributed by atoms with Crippen LogP contribution in [0.15, 0.2) is 31.0 Å². The summed E-state index contributed by atoms with van der Waals surface area (Å²) in [5.74, 6) is 0.631. The van der Waals surface area contributed by atoms with Crippen molar-refractivity contribution in [3.05, 3.63) is 31.0 Å². The topological polar surface area (TPSA) is 96.2 Å². The van der Waals surface area contributed by atoms with Gasteiger partial charge in [0.2, 0.25) is 0 Å². The quantitative estimate of drug-likeness (QED) is 0.846. The summed E-state index contributed by atoms with van der Waals surface area (Å²) in [6.07, 6.45) is 5.52. The van der Waals surface area contributed by atoms with E-state index in [0.29, 0.717) is 37.4 Å². The van der Waals surface area contributed by atoms with Crippen molar-refractivity contribution in [2.24, 2.45) is 0 Å². The highest BCUT2D eigenvalue weighted by Gasteiger charge is 2.21. The van der Waals surface area contributed by atoms with E-state index in [1.807, 2.05) is 0 Å². The first-order valence-corrected chi connectivity index (χ1v) is 6.77. The fourth-order valence-corrected chi connectivity index (χ4v) is 2.19. The van der Waals surface area contributed by atoms with Crippen molar-refractivity contribution in [1.29, 1.82) is 0 Å². The van der Waals surface area contributed by atoms with Gasteiger partial charge < -0.3 is 15.3 Å². The Labute approximate surface area is 121 Å². The summed E-state index contributed by atoms with van der Waals surface area (Å²) >= 11 is 0. The third-order valence-corrected chi connectivity index (χ3v) is 3.40. The second kappa shape index (κ2) is 5.88. The molecule has 1 aliphatic rings. The van der Waals surface area contributed by atoms with Crippen LogP contribution in [0.1, 0.15) is 12.8 Å². The molecule has 0 radical (unpaired) electrons. The Balaban J connectivity index is 1.61. The number of aliphatic hydroxyl groups is 1. The van der Waals surface area contributed by atoms with Crippen molar-refractivity contribution < 1.29 is 9.90 Å². The maximum absolute atomic E-state index is 12.1. The minimum atomic E-state index is -0.294. The first-order chi connectivity index (χ1) is 10.2. The van der Waals surface area contributed by atoms with E-state index in [1.165, 1.54) is 11.0 Å². The molecule has 8 heteroatoms. The van der Waals surface area contributed by atoms with Crippen molar-refractivity contribution in [2.45, 2.75) is 18.9 Å². The molecule has 3 heterocycles. The lowest BCUT2D eigenvalue weighted by Crippen LogP contribution is -2.42. The number of hydrogen-bond donors (Lipinski definition) is 2. The SMILES string of the molecule is O=C(Nc1ccc(-n2cncn2)nc1)N1CCC(O)CC1. The van der Waals surface area contributed by atoms with Gasteiger partial charge in [0.25, 0.3) is 0 Å². The van der Waals surface area contributed by atoms with Crippen LogP contribution in [-0.4, -0.2) is 55.0 Å². The number of carbonyl (C=O) groups is 1. The van der Waals surface area contributed by atoms with E-state index < -0.39 is 0 Å². The highest BCUT2D eigenvalue weighted by Crippen LogP contribution is 2.13. The fourth-order valence-electron chi connectivity index (χ4n) is 2.19. The molecule has 0 spiro atoms. The predicted molar refractivity (Wildman–Crippen MR) is 75.0 cm³/mol. The minimum absolute atomic E-state index is 0.169. The van der Waals surface area contributed by atoms with Gasteiger partial charge in [-0.2, -0.15) is 5.10 Å². The molecule has 0 unspecified atom stereocenters. The van der Waals surface area contributed by atoms with E-state index in [1.54, 1.807) is 29.6 Å². The largest absolute Gasteiger partial charge is 0.393 e. The molecule has 21 heavy (non-hydrogen) atoms. The number of rotatable bonds is 2. The van der Waals surface area contributed by atoms with Crippen molar-refractivity contribution in [1.82, 2.24) is 24.6 Å². The van der Waals surface area contributed by atoms with Gasteiger partial charge in [-0.25, -0.2) is 19.4 Å². The van der Waals surface area contributed by atoms with Crippen LogP contribution in [-0.2, 0) is 0 Å². The van der Waals surface area contributed by atoms with E-state index in [0.717, 1.165) is 0 Å². The molecule has 2 aromatic rings. The Bertz CT molecular complexity index is 590. The van der Waals surface area contributed by atoms with Gasteiger partial charge in [0.05, 0.1) is 18.0 Å². The molecule has 8 nitrogen and oxygen atoms in total. The Morgan fingerprint density at radius 2 is 2.14 bits per heavy atom. The molecule has 0 atom stereocenters. The third kappa shape index (κ3) is 3.16. The van der Waals surface area contributed by atoms with Crippen LogP contribution < -0.4 is 5.32 Å². The van der Waals surface area contributed by atoms with Crippen molar-refractivity contribution >= 4 is 11.7 Å². The number of nitrogens with one attached hydrogen (secondary N) is 1. The standard InChI is InChI=1S/C13H16N6O2/c20-11-3-5-18(6-4-11)13(21)17-10-1-2-12(15-7-10)19-9-14-8-16-19/h1-2,7-9,11,20H,3-6H2,(H,17,21). The Hall–Kier alpha value is -2.48. The average molecular weight is 288 g/mol. The zero-order valence-electron chi connectivity index (χ0n) is 11.4. The molecular formula is C13H16N6O2. The number of nitrogens with zero attached hydrogens (tertiary/aromatic N) is 5. The lowest BCUT2D eigenvalue weighted by Gasteiger charge is -2.29. The van der Waals surface area contributed by atoms with Gasteiger partial charge in [-0.3, -0.25) is 0 Å². The summed E-state index contributed by atoms with van der Waals surface area (Å²) < 4.78 is 1.54. The summed E-state index contributed by atoms with van der Waals surface area (Å²) in [5.41, 5.74) is 0.620. The molecule has 0 bridgehead atoms. The number of hydrogen-bond acceptors (Lipinski definition) is 5. The molecular weight excluding hydrogens is 272 g/mol. The summed E-state index contributed by atoms with van der Waals surface area (Å²) in [6.45, 7) is 1.13. The predicted octanol–water partition coefficient (Wildman–Crippen LogP) is 0.651. The van der Waals surface area contributed by atoms with Crippen LogP contribution in [0.25, 0.3) is 5.82 Å². The third-order valence-electron chi connectivity index (χ3n) is 3.40. The number of aromatic nitrogens is 4. The molecule has 0 saturated carbocycles. The monoisotopic (exact) mass is 288 g/mol. The highest BCUT2D eigenvalue weighted by molar-refractivity contribution is 5.89. The van der Waals surface area contributed by atoms with Gasteiger partial charge in [0.1, 0.15) is 12.7 Å². The van der Waals surface area contributed by atoms with E-state index in [2.05, 4.69) is 20.4 Å². The van der Waals surface area contributed by atoms with Gasteiger partial charge in [-0.15, -0.1) is 0 Å². The number of likely N-dealkylation sites (tertiary alicyclic amines) is 1. The molecule has 0 aliphatic carbocycles.